The predicted octanol–water partition coefficient (Wildman–Crippen LogP) is -0.138. The van der Waals surface area contributed by atoms with Crippen molar-refractivity contribution >= 4 is 5.91 Å². The van der Waals surface area contributed by atoms with E-state index in [2.05, 4.69) is 20.7 Å². The van der Waals surface area contributed by atoms with Crippen LogP contribution in [0.15, 0.2) is 6.33 Å². The third kappa shape index (κ3) is 5.44. The van der Waals surface area contributed by atoms with E-state index in [4.69, 9.17) is 0 Å². The molecule has 0 aliphatic heterocycles. The van der Waals surface area contributed by atoms with Gasteiger partial charge in [0.15, 0.2) is 5.82 Å². The third-order valence-corrected chi connectivity index (χ3v) is 2.36. The van der Waals surface area contributed by atoms with E-state index < -0.39 is 0 Å². The number of carbonyl (C=O) groups excluding carboxylic acids is 1. The maximum absolute atomic E-state index is 11.5. The van der Waals surface area contributed by atoms with Crippen molar-refractivity contribution in [3.8, 4) is 0 Å². The minimum absolute atomic E-state index is 0.0642. The first kappa shape index (κ1) is 13.6. The molecule has 17 heavy (non-hydrogen) atoms. The van der Waals surface area contributed by atoms with Crippen LogP contribution in [0, 0.1) is 0 Å². The molecule has 1 aromatic rings. The van der Waals surface area contributed by atoms with Gasteiger partial charge in [0, 0.05) is 32.5 Å². The van der Waals surface area contributed by atoms with Crippen molar-refractivity contribution in [3.05, 3.63) is 12.2 Å². The second-order valence-electron chi connectivity index (χ2n) is 4.10. The molecule has 1 amide bonds. The molecule has 1 atom stereocenters. The van der Waals surface area contributed by atoms with Crippen LogP contribution in [0.25, 0.3) is 0 Å². The molecule has 1 heterocycles. The zero-order valence-corrected chi connectivity index (χ0v) is 10.7. The van der Waals surface area contributed by atoms with Crippen LogP contribution in [0.3, 0.4) is 0 Å². The minimum atomic E-state index is 0.0642. The molecule has 0 radical (unpaired) electrons. The summed E-state index contributed by atoms with van der Waals surface area (Å²) < 4.78 is 1.66. The number of nitrogens with one attached hydrogen (secondary N) is 2. The monoisotopic (exact) mass is 239 g/mol. The van der Waals surface area contributed by atoms with E-state index in [0.29, 0.717) is 19.4 Å². The maximum atomic E-state index is 11.5. The molecule has 0 bridgehead atoms. The van der Waals surface area contributed by atoms with Gasteiger partial charge in [-0.1, -0.05) is 6.92 Å². The first-order valence-electron chi connectivity index (χ1n) is 5.96. The molecule has 96 valence electrons. The van der Waals surface area contributed by atoms with Gasteiger partial charge in [-0.2, -0.15) is 5.10 Å². The number of rotatable bonds is 7. The molecule has 1 unspecified atom stereocenters. The summed E-state index contributed by atoms with van der Waals surface area (Å²) in [7, 11) is 1.83. The highest BCUT2D eigenvalue weighted by molar-refractivity contribution is 5.76. The van der Waals surface area contributed by atoms with Gasteiger partial charge in [0.05, 0.1) is 0 Å². The summed E-state index contributed by atoms with van der Waals surface area (Å²) in [6.07, 6.45) is 2.83. The van der Waals surface area contributed by atoms with Crippen molar-refractivity contribution in [3.63, 3.8) is 0 Å². The van der Waals surface area contributed by atoms with Gasteiger partial charge in [-0.25, -0.2) is 4.98 Å². The predicted molar refractivity (Wildman–Crippen MR) is 65.5 cm³/mol. The van der Waals surface area contributed by atoms with Crippen LogP contribution >= 0.6 is 0 Å². The van der Waals surface area contributed by atoms with Crippen molar-refractivity contribution in [2.24, 2.45) is 7.05 Å². The van der Waals surface area contributed by atoms with Crippen LogP contribution < -0.4 is 10.6 Å². The Morgan fingerprint density at radius 2 is 2.35 bits per heavy atom. The lowest BCUT2D eigenvalue weighted by molar-refractivity contribution is -0.121. The molecule has 0 saturated carbocycles. The molecule has 1 rings (SSSR count). The van der Waals surface area contributed by atoms with Gasteiger partial charge in [0.1, 0.15) is 6.33 Å². The molecule has 6 heteroatoms. The molecule has 0 spiro atoms. The summed E-state index contributed by atoms with van der Waals surface area (Å²) >= 11 is 0. The van der Waals surface area contributed by atoms with Crippen LogP contribution in [0.1, 0.15) is 26.1 Å². The van der Waals surface area contributed by atoms with Gasteiger partial charge in [-0.15, -0.1) is 0 Å². The molecule has 0 aliphatic carbocycles. The molecule has 1 aromatic heterocycles. The van der Waals surface area contributed by atoms with Crippen LogP contribution in [-0.2, 0) is 18.3 Å². The first-order chi connectivity index (χ1) is 8.11. The van der Waals surface area contributed by atoms with E-state index in [1.54, 1.807) is 11.0 Å². The minimum Gasteiger partial charge on any atom is -0.356 e. The Morgan fingerprint density at radius 3 is 2.94 bits per heavy atom. The highest BCUT2D eigenvalue weighted by Crippen LogP contribution is 1.91. The van der Waals surface area contributed by atoms with E-state index in [9.17, 15) is 4.79 Å². The number of nitrogens with zero attached hydrogens (tertiary/aromatic N) is 3. The lowest BCUT2D eigenvalue weighted by Crippen LogP contribution is -2.34. The largest absolute Gasteiger partial charge is 0.356 e. The number of amides is 1. The smallest absolute Gasteiger partial charge is 0.221 e. The van der Waals surface area contributed by atoms with Crippen LogP contribution in [-0.4, -0.2) is 39.8 Å². The lowest BCUT2D eigenvalue weighted by atomic mass is 10.2. The third-order valence-electron chi connectivity index (χ3n) is 2.36. The molecule has 2 N–H and O–H groups in total. The van der Waals surface area contributed by atoms with Gasteiger partial charge in [0.2, 0.25) is 5.91 Å². The number of hydrogen-bond acceptors (Lipinski definition) is 4. The summed E-state index contributed by atoms with van der Waals surface area (Å²) in [5, 5.41) is 10.2. The molecule has 0 saturated heterocycles. The number of hydrogen-bond donors (Lipinski definition) is 2. The second-order valence-corrected chi connectivity index (χ2v) is 4.10. The normalized spacial score (nSPS) is 12.4. The number of aryl methyl sites for hydroxylation is 1. The van der Waals surface area contributed by atoms with Crippen LogP contribution in [0.4, 0.5) is 0 Å². The number of aromatic nitrogens is 3. The first-order valence-corrected chi connectivity index (χ1v) is 5.96. The summed E-state index contributed by atoms with van der Waals surface area (Å²) in [5.41, 5.74) is 0. The molecule has 0 aliphatic rings. The quantitative estimate of drug-likeness (QED) is 0.695. The Hall–Kier alpha value is -1.43. The second kappa shape index (κ2) is 7.01. The average molecular weight is 239 g/mol. The van der Waals surface area contributed by atoms with E-state index in [-0.39, 0.29) is 11.9 Å². The Kier molecular flexibility index (Phi) is 5.62. The zero-order chi connectivity index (χ0) is 12.7. The Bertz CT molecular complexity index is 349. The standard InChI is InChI=1S/C11H21N5O/c1-4-12-9(2)7-11(17)13-6-5-10-14-8-16(3)15-10/h8-9,12H,4-7H2,1-3H3,(H,13,17). The zero-order valence-electron chi connectivity index (χ0n) is 10.7. The van der Waals surface area contributed by atoms with E-state index in [1.807, 2.05) is 20.9 Å². The van der Waals surface area contributed by atoms with Crippen molar-refractivity contribution < 1.29 is 4.79 Å². The lowest BCUT2D eigenvalue weighted by Gasteiger charge is -2.11. The topological polar surface area (TPSA) is 71.8 Å². The highest BCUT2D eigenvalue weighted by atomic mass is 16.1. The van der Waals surface area contributed by atoms with Gasteiger partial charge < -0.3 is 10.6 Å². The molecule has 6 nitrogen and oxygen atoms in total. The SMILES string of the molecule is CCNC(C)CC(=O)NCCc1ncn(C)n1. The maximum Gasteiger partial charge on any atom is 0.221 e. The van der Waals surface area contributed by atoms with Crippen LogP contribution in [0.2, 0.25) is 0 Å². The molecule has 0 fully saturated rings. The van der Waals surface area contributed by atoms with E-state index in [0.717, 1.165) is 12.4 Å². The van der Waals surface area contributed by atoms with Gasteiger partial charge >= 0.3 is 0 Å². The summed E-state index contributed by atoms with van der Waals surface area (Å²) in [6.45, 7) is 5.50. The van der Waals surface area contributed by atoms with Gasteiger partial charge in [-0.3, -0.25) is 9.48 Å². The fourth-order valence-electron chi connectivity index (χ4n) is 1.58. The van der Waals surface area contributed by atoms with E-state index in [1.165, 1.54) is 0 Å². The fraction of sp³-hybridized carbons (Fsp3) is 0.727. The van der Waals surface area contributed by atoms with Crippen molar-refractivity contribution in [2.45, 2.75) is 32.7 Å². The Morgan fingerprint density at radius 1 is 1.59 bits per heavy atom. The average Bonchev–Trinajstić information content (AvgIpc) is 2.64. The fourth-order valence-corrected chi connectivity index (χ4v) is 1.58. The van der Waals surface area contributed by atoms with Gasteiger partial charge in [0.25, 0.3) is 0 Å². The molecular formula is C11H21N5O. The van der Waals surface area contributed by atoms with Crippen molar-refractivity contribution in [2.75, 3.05) is 13.1 Å². The van der Waals surface area contributed by atoms with Crippen molar-refractivity contribution in [1.29, 1.82) is 0 Å². The Labute approximate surface area is 102 Å². The van der Waals surface area contributed by atoms with Gasteiger partial charge in [-0.05, 0) is 13.5 Å². The highest BCUT2D eigenvalue weighted by Gasteiger charge is 2.07. The molecular weight excluding hydrogens is 218 g/mol. The molecule has 0 aromatic carbocycles. The van der Waals surface area contributed by atoms with Crippen molar-refractivity contribution in [1.82, 2.24) is 25.4 Å². The van der Waals surface area contributed by atoms with E-state index >= 15 is 0 Å². The number of carbonyl (C=O) groups is 1. The summed E-state index contributed by atoms with van der Waals surface area (Å²) in [6, 6.07) is 0.216. The Balaban J connectivity index is 2.16. The summed E-state index contributed by atoms with van der Waals surface area (Å²) in [4.78, 5) is 15.6. The summed E-state index contributed by atoms with van der Waals surface area (Å²) in [5.74, 6) is 0.821. The van der Waals surface area contributed by atoms with Crippen LogP contribution in [0.5, 0.6) is 0 Å².